The Balaban J connectivity index is 1.52. The van der Waals surface area contributed by atoms with Gasteiger partial charge in [0, 0.05) is 12.4 Å². The molecule has 0 bridgehead atoms. The minimum Gasteiger partial charge on any atom is -0.390 e. The quantitative estimate of drug-likeness (QED) is 0.543. The lowest BCUT2D eigenvalue weighted by molar-refractivity contribution is 0.0793. The van der Waals surface area contributed by atoms with Crippen molar-refractivity contribution in [2.75, 3.05) is 5.32 Å². The van der Waals surface area contributed by atoms with Crippen molar-refractivity contribution in [1.82, 2.24) is 19.7 Å². The third kappa shape index (κ3) is 4.56. The van der Waals surface area contributed by atoms with Crippen LogP contribution in [0.1, 0.15) is 28.0 Å². The van der Waals surface area contributed by atoms with Gasteiger partial charge in [0.2, 0.25) is 5.78 Å². The lowest BCUT2D eigenvalue weighted by Gasteiger charge is -2.18. The minimum atomic E-state index is -1.51. The van der Waals surface area contributed by atoms with E-state index in [-0.39, 0.29) is 17.1 Å². The first-order chi connectivity index (χ1) is 14.8. The molecule has 1 radical (unpaired) electrons. The minimum absolute atomic E-state index is 0.163. The number of hydrogen-bond donors (Lipinski definition) is 2. The number of carbonyl (C=O) groups excluding carboxylic acids is 1. The fraction of sp³-hybridized carbons (Fsp3) is 0.286. The molecule has 1 aromatic carbocycles. The molecule has 2 heterocycles. The molecule has 1 aliphatic carbocycles. The molecule has 161 valence electrons. The number of nitrogens with one attached hydrogen (secondary N) is 1. The first-order valence-electron chi connectivity index (χ1n) is 9.57. The third-order valence-corrected chi connectivity index (χ3v) is 5.97. The van der Waals surface area contributed by atoms with E-state index >= 15 is 0 Å². The van der Waals surface area contributed by atoms with Crippen LogP contribution in [0.15, 0.2) is 43.0 Å². The van der Waals surface area contributed by atoms with E-state index in [1.165, 1.54) is 12.5 Å². The van der Waals surface area contributed by atoms with E-state index in [1.807, 2.05) is 6.07 Å². The van der Waals surface area contributed by atoms with Crippen LogP contribution in [0.4, 0.5) is 10.2 Å². The summed E-state index contributed by atoms with van der Waals surface area (Å²) in [5, 5.41) is 18.0. The Bertz CT molecular complexity index is 1110. The highest BCUT2D eigenvalue weighted by Crippen LogP contribution is 2.31. The molecular weight excluding hydrogens is 444 g/mol. The first kappa shape index (κ1) is 21.7. The summed E-state index contributed by atoms with van der Waals surface area (Å²) >= 11 is 12.0. The Hall–Kier alpha value is -2.55. The number of rotatable bonds is 6. The topological polar surface area (TPSA) is 92.9 Å². The molecule has 0 amide bonds. The zero-order chi connectivity index (χ0) is 22.1. The van der Waals surface area contributed by atoms with Gasteiger partial charge in [0.25, 0.3) is 0 Å². The summed E-state index contributed by atoms with van der Waals surface area (Å²) in [4.78, 5) is 21.0. The second-order valence-electron chi connectivity index (χ2n) is 7.44. The number of benzene rings is 1. The zero-order valence-corrected chi connectivity index (χ0v) is 17.8. The van der Waals surface area contributed by atoms with Gasteiger partial charge in [0.15, 0.2) is 0 Å². The van der Waals surface area contributed by atoms with Crippen molar-refractivity contribution in [2.24, 2.45) is 5.92 Å². The molecule has 2 aromatic heterocycles. The average Bonchev–Trinajstić information content (AvgIpc) is 3.31. The summed E-state index contributed by atoms with van der Waals surface area (Å²) in [6.45, 7) is 4.15. The monoisotopic (exact) mass is 462 g/mol. The Morgan fingerprint density at radius 1 is 1.32 bits per heavy atom. The molecule has 1 saturated carbocycles. The standard InChI is InChI=1S/C21H19Cl2FN5O2/c1-11-6-17(18(24)19(11)30)27-21-13(8-25-10-26-21)20(31)16-4-5-29(28-16)9-12-2-3-14(22)15(23)7-12/h2-5,7-8,10-11,17-19,30H,1,6,9H2,(H,25,26,27)/t11-,17-,18-,19-/m1/s1. The van der Waals surface area contributed by atoms with Crippen LogP contribution in [0.25, 0.3) is 0 Å². The lowest BCUT2D eigenvalue weighted by Crippen LogP contribution is -2.32. The number of aliphatic hydroxyl groups excluding tert-OH is 1. The van der Waals surface area contributed by atoms with Crippen LogP contribution < -0.4 is 5.32 Å². The van der Waals surface area contributed by atoms with Gasteiger partial charge in [-0.25, -0.2) is 14.4 Å². The van der Waals surface area contributed by atoms with Crippen LogP contribution in [0.5, 0.6) is 0 Å². The molecule has 4 rings (SSSR count). The second kappa shape index (κ2) is 8.90. The SMILES string of the molecule is [CH2][C@@H]1C[C@@H](Nc2ncncc2C(=O)c2ccn(Cc3ccc(Cl)c(Cl)c3)n2)[C@@H](F)[C@@H]1O. The number of aliphatic hydroxyl groups is 1. The number of aromatic nitrogens is 4. The van der Waals surface area contributed by atoms with Crippen LogP contribution in [0.2, 0.25) is 10.0 Å². The second-order valence-corrected chi connectivity index (χ2v) is 8.26. The van der Waals surface area contributed by atoms with E-state index < -0.39 is 30.0 Å². The summed E-state index contributed by atoms with van der Waals surface area (Å²) < 4.78 is 15.9. The summed E-state index contributed by atoms with van der Waals surface area (Å²) in [5.74, 6) is -0.658. The van der Waals surface area contributed by atoms with Gasteiger partial charge < -0.3 is 10.4 Å². The first-order valence-corrected chi connectivity index (χ1v) is 10.3. The van der Waals surface area contributed by atoms with Crippen molar-refractivity contribution in [1.29, 1.82) is 0 Å². The zero-order valence-electron chi connectivity index (χ0n) is 16.3. The maximum atomic E-state index is 14.3. The van der Waals surface area contributed by atoms with Crippen molar-refractivity contribution >= 4 is 34.8 Å². The van der Waals surface area contributed by atoms with Gasteiger partial charge in [-0.05, 0) is 43.0 Å². The number of ketones is 1. The van der Waals surface area contributed by atoms with Gasteiger partial charge in [0.05, 0.1) is 34.3 Å². The van der Waals surface area contributed by atoms with Gasteiger partial charge in [-0.2, -0.15) is 5.10 Å². The number of halogens is 3. The largest absolute Gasteiger partial charge is 0.390 e. The van der Waals surface area contributed by atoms with Crippen molar-refractivity contribution in [3.8, 4) is 0 Å². The Morgan fingerprint density at radius 3 is 2.84 bits per heavy atom. The maximum Gasteiger partial charge on any atom is 0.218 e. The van der Waals surface area contributed by atoms with E-state index in [0.717, 1.165) is 5.56 Å². The molecular formula is C21H19Cl2FN5O2. The van der Waals surface area contributed by atoms with E-state index in [2.05, 4.69) is 27.3 Å². The predicted octanol–water partition coefficient (Wildman–Crippen LogP) is 3.59. The van der Waals surface area contributed by atoms with Gasteiger partial charge in [-0.15, -0.1) is 0 Å². The van der Waals surface area contributed by atoms with Crippen molar-refractivity contribution in [2.45, 2.75) is 31.3 Å². The number of hydrogen-bond acceptors (Lipinski definition) is 6. The Kier molecular flexibility index (Phi) is 6.22. The molecule has 3 aromatic rings. The number of alkyl halides is 1. The summed E-state index contributed by atoms with van der Waals surface area (Å²) in [6.07, 6.45) is 1.95. The molecule has 7 nitrogen and oxygen atoms in total. The van der Waals surface area contributed by atoms with Gasteiger partial charge >= 0.3 is 0 Å². The van der Waals surface area contributed by atoms with Gasteiger partial charge in [-0.1, -0.05) is 29.3 Å². The van der Waals surface area contributed by atoms with Crippen molar-refractivity contribution < 1.29 is 14.3 Å². The molecule has 1 aliphatic rings. The highest BCUT2D eigenvalue weighted by atomic mass is 35.5. The smallest absolute Gasteiger partial charge is 0.218 e. The molecule has 4 atom stereocenters. The average molecular weight is 463 g/mol. The van der Waals surface area contributed by atoms with Crippen LogP contribution in [-0.2, 0) is 6.54 Å². The molecule has 31 heavy (non-hydrogen) atoms. The van der Waals surface area contributed by atoms with E-state index in [1.54, 1.807) is 29.1 Å². The normalized spacial score (nSPS) is 23.1. The van der Waals surface area contributed by atoms with E-state index in [4.69, 9.17) is 23.2 Å². The maximum absolute atomic E-state index is 14.3. The summed E-state index contributed by atoms with van der Waals surface area (Å²) in [7, 11) is 0. The fourth-order valence-electron chi connectivity index (χ4n) is 3.55. The summed E-state index contributed by atoms with van der Waals surface area (Å²) in [5.41, 5.74) is 1.23. The van der Waals surface area contributed by atoms with Gasteiger partial charge in [-0.3, -0.25) is 9.48 Å². The summed E-state index contributed by atoms with van der Waals surface area (Å²) in [6, 6.07) is 6.14. The lowest BCUT2D eigenvalue weighted by atomic mass is 10.1. The molecule has 1 fully saturated rings. The van der Waals surface area contributed by atoms with Crippen LogP contribution >= 0.6 is 23.2 Å². The molecule has 2 N–H and O–H groups in total. The number of carbonyl (C=O) groups is 1. The van der Waals surface area contributed by atoms with Crippen molar-refractivity contribution in [3.05, 3.63) is 76.8 Å². The van der Waals surface area contributed by atoms with Crippen LogP contribution in [-0.4, -0.2) is 49.0 Å². The third-order valence-electron chi connectivity index (χ3n) is 5.23. The number of nitrogens with zero attached hydrogens (tertiary/aromatic N) is 4. The highest BCUT2D eigenvalue weighted by molar-refractivity contribution is 6.42. The highest BCUT2D eigenvalue weighted by Gasteiger charge is 2.41. The van der Waals surface area contributed by atoms with Gasteiger partial charge in [0.1, 0.15) is 24.0 Å². The molecule has 0 aliphatic heterocycles. The van der Waals surface area contributed by atoms with E-state index in [9.17, 15) is 14.3 Å². The Labute approximate surface area is 188 Å². The van der Waals surface area contributed by atoms with E-state index in [0.29, 0.717) is 23.0 Å². The molecule has 0 unspecified atom stereocenters. The fourth-order valence-corrected chi connectivity index (χ4v) is 3.87. The molecule has 0 spiro atoms. The van der Waals surface area contributed by atoms with Crippen LogP contribution in [0, 0.1) is 12.8 Å². The predicted molar refractivity (Wildman–Crippen MR) is 115 cm³/mol. The molecule has 0 saturated heterocycles. The van der Waals surface area contributed by atoms with Crippen LogP contribution in [0.3, 0.4) is 0 Å². The Morgan fingerprint density at radius 2 is 2.13 bits per heavy atom. The number of anilines is 1. The van der Waals surface area contributed by atoms with Crippen molar-refractivity contribution in [3.63, 3.8) is 0 Å². The molecule has 10 heteroatoms.